The van der Waals surface area contributed by atoms with E-state index in [4.69, 9.17) is 4.74 Å². The number of carbonyl (C=O) groups excluding carboxylic acids is 2. The van der Waals surface area contributed by atoms with Crippen LogP contribution in [0.2, 0.25) is 0 Å². The van der Waals surface area contributed by atoms with E-state index in [2.05, 4.69) is 26.0 Å². The van der Waals surface area contributed by atoms with Crippen LogP contribution in [0.5, 0.6) is 5.75 Å². The van der Waals surface area contributed by atoms with E-state index in [1.165, 1.54) is 11.6 Å². The molecule has 0 saturated carbocycles. The molecule has 0 aliphatic heterocycles. The highest BCUT2D eigenvalue weighted by Crippen LogP contribution is 2.17. The smallest absolute Gasteiger partial charge is 0.336 e. The minimum absolute atomic E-state index is 0.107. The van der Waals surface area contributed by atoms with E-state index >= 15 is 0 Å². The Kier molecular flexibility index (Phi) is 7.12. The summed E-state index contributed by atoms with van der Waals surface area (Å²) in [6, 6.07) is 24.2. The number of esters is 1. The molecule has 0 spiro atoms. The molecule has 3 rings (SSSR count). The fourth-order valence-corrected chi connectivity index (χ4v) is 2.83. The SMILES string of the molecule is CC(C)c1ccc(/C=C/C(=O)c2ccc(OC(=O)/C=C\c3ccccc3)cc2)cc1. The fourth-order valence-electron chi connectivity index (χ4n) is 2.83. The summed E-state index contributed by atoms with van der Waals surface area (Å²) in [5.74, 6) is 0.293. The van der Waals surface area contributed by atoms with Crippen molar-refractivity contribution in [2.45, 2.75) is 19.8 Å². The number of rotatable bonds is 7. The largest absolute Gasteiger partial charge is 0.423 e. The maximum absolute atomic E-state index is 12.4. The zero-order valence-electron chi connectivity index (χ0n) is 17.1. The predicted molar refractivity (Wildman–Crippen MR) is 121 cm³/mol. The summed E-state index contributed by atoms with van der Waals surface area (Å²) in [7, 11) is 0. The quantitative estimate of drug-likeness (QED) is 0.203. The van der Waals surface area contributed by atoms with Crippen molar-refractivity contribution in [1.82, 2.24) is 0 Å². The van der Waals surface area contributed by atoms with Gasteiger partial charge < -0.3 is 4.74 Å². The van der Waals surface area contributed by atoms with E-state index in [0.717, 1.165) is 11.1 Å². The van der Waals surface area contributed by atoms with Crippen molar-refractivity contribution in [2.75, 3.05) is 0 Å². The lowest BCUT2D eigenvalue weighted by Gasteiger charge is -2.04. The zero-order chi connectivity index (χ0) is 21.3. The summed E-state index contributed by atoms with van der Waals surface area (Å²) in [5, 5.41) is 0. The van der Waals surface area contributed by atoms with Crippen molar-refractivity contribution in [3.8, 4) is 5.75 Å². The van der Waals surface area contributed by atoms with Gasteiger partial charge in [0, 0.05) is 11.6 Å². The van der Waals surface area contributed by atoms with E-state index in [-0.39, 0.29) is 5.78 Å². The van der Waals surface area contributed by atoms with E-state index < -0.39 is 5.97 Å². The van der Waals surface area contributed by atoms with Gasteiger partial charge in [-0.3, -0.25) is 4.79 Å². The first-order valence-corrected chi connectivity index (χ1v) is 9.88. The summed E-state index contributed by atoms with van der Waals surface area (Å²) < 4.78 is 5.28. The number of hydrogen-bond donors (Lipinski definition) is 0. The summed E-state index contributed by atoms with van der Waals surface area (Å²) in [6.07, 6.45) is 6.42. The molecule has 3 aromatic rings. The van der Waals surface area contributed by atoms with Gasteiger partial charge in [0.2, 0.25) is 0 Å². The predicted octanol–water partition coefficient (Wildman–Crippen LogP) is 6.32. The third-order valence-corrected chi connectivity index (χ3v) is 4.60. The summed E-state index contributed by atoms with van der Waals surface area (Å²) in [6.45, 7) is 4.30. The molecule has 3 aromatic carbocycles. The Morgan fingerprint density at radius 3 is 1.97 bits per heavy atom. The molecule has 150 valence electrons. The van der Waals surface area contributed by atoms with Crippen molar-refractivity contribution < 1.29 is 14.3 Å². The molecule has 0 saturated heterocycles. The molecule has 3 heteroatoms. The van der Waals surface area contributed by atoms with E-state index in [1.54, 1.807) is 42.5 Å². The summed E-state index contributed by atoms with van der Waals surface area (Å²) >= 11 is 0. The second-order valence-electron chi connectivity index (χ2n) is 7.21. The minimum atomic E-state index is -0.470. The molecular weight excluding hydrogens is 372 g/mol. The first-order chi connectivity index (χ1) is 14.5. The van der Waals surface area contributed by atoms with Crippen LogP contribution in [0.4, 0.5) is 0 Å². The monoisotopic (exact) mass is 396 g/mol. The standard InChI is InChI=1S/C27H24O3/c1-20(2)23-12-8-22(9-13-23)10-18-26(28)24-14-16-25(17-15-24)30-27(29)19-11-21-6-4-3-5-7-21/h3-20H,1-2H3/b18-10+,19-11-. The number of benzene rings is 3. The normalized spacial score (nSPS) is 11.3. The summed E-state index contributed by atoms with van der Waals surface area (Å²) in [4.78, 5) is 24.3. The van der Waals surface area contributed by atoms with E-state index in [1.807, 2.05) is 42.5 Å². The average Bonchev–Trinajstić information content (AvgIpc) is 2.77. The van der Waals surface area contributed by atoms with Gasteiger partial charge in [-0.15, -0.1) is 0 Å². The van der Waals surface area contributed by atoms with Crippen LogP contribution in [0.3, 0.4) is 0 Å². The number of ether oxygens (including phenoxy) is 1. The average molecular weight is 396 g/mol. The van der Waals surface area contributed by atoms with Gasteiger partial charge in [-0.05, 0) is 59.0 Å². The van der Waals surface area contributed by atoms with Gasteiger partial charge in [-0.25, -0.2) is 4.79 Å². The van der Waals surface area contributed by atoms with Crippen molar-refractivity contribution in [3.63, 3.8) is 0 Å². The first-order valence-electron chi connectivity index (χ1n) is 9.88. The maximum Gasteiger partial charge on any atom is 0.336 e. The zero-order valence-corrected chi connectivity index (χ0v) is 17.1. The molecule has 0 heterocycles. The Morgan fingerprint density at radius 2 is 1.33 bits per heavy atom. The molecule has 0 aliphatic carbocycles. The van der Waals surface area contributed by atoms with Gasteiger partial charge >= 0.3 is 5.97 Å². The van der Waals surface area contributed by atoms with Crippen molar-refractivity contribution in [2.24, 2.45) is 0 Å². The third kappa shape index (κ3) is 6.14. The van der Waals surface area contributed by atoms with Crippen LogP contribution in [0.25, 0.3) is 12.2 Å². The van der Waals surface area contributed by atoms with Gasteiger partial charge in [0.1, 0.15) is 5.75 Å². The van der Waals surface area contributed by atoms with Crippen LogP contribution in [0.1, 0.15) is 46.8 Å². The van der Waals surface area contributed by atoms with Crippen LogP contribution in [-0.2, 0) is 4.79 Å². The second kappa shape index (κ2) is 10.2. The van der Waals surface area contributed by atoms with Gasteiger partial charge in [0.25, 0.3) is 0 Å². The first kappa shape index (κ1) is 21.0. The van der Waals surface area contributed by atoms with Crippen LogP contribution in [0, 0.1) is 0 Å². The molecule has 0 aliphatic rings. The molecule has 3 nitrogen and oxygen atoms in total. The van der Waals surface area contributed by atoms with Gasteiger partial charge in [-0.1, -0.05) is 74.5 Å². The van der Waals surface area contributed by atoms with Crippen LogP contribution < -0.4 is 4.74 Å². The third-order valence-electron chi connectivity index (χ3n) is 4.60. The molecule has 0 bridgehead atoms. The highest BCUT2D eigenvalue weighted by atomic mass is 16.5. The number of allylic oxidation sites excluding steroid dienone is 1. The molecule has 0 N–H and O–H groups in total. The Hall–Kier alpha value is -3.72. The Morgan fingerprint density at radius 1 is 0.733 bits per heavy atom. The Labute approximate surface area is 177 Å². The van der Waals surface area contributed by atoms with Crippen molar-refractivity contribution >= 4 is 23.9 Å². The number of ketones is 1. The van der Waals surface area contributed by atoms with Gasteiger partial charge in [-0.2, -0.15) is 0 Å². The molecular formula is C27H24O3. The highest BCUT2D eigenvalue weighted by molar-refractivity contribution is 6.06. The lowest BCUT2D eigenvalue weighted by Crippen LogP contribution is -2.04. The topological polar surface area (TPSA) is 43.4 Å². The lowest BCUT2D eigenvalue weighted by atomic mass is 10.0. The Balaban J connectivity index is 1.57. The van der Waals surface area contributed by atoms with Crippen LogP contribution in [0.15, 0.2) is 91.0 Å². The van der Waals surface area contributed by atoms with Crippen LogP contribution >= 0.6 is 0 Å². The summed E-state index contributed by atoms with van der Waals surface area (Å²) in [5.41, 5.74) is 3.69. The minimum Gasteiger partial charge on any atom is -0.423 e. The van der Waals surface area contributed by atoms with Gasteiger partial charge in [0.15, 0.2) is 5.78 Å². The van der Waals surface area contributed by atoms with Crippen molar-refractivity contribution in [3.05, 3.63) is 113 Å². The number of carbonyl (C=O) groups is 2. The molecule has 30 heavy (non-hydrogen) atoms. The molecule has 0 unspecified atom stereocenters. The molecule has 0 fully saturated rings. The van der Waals surface area contributed by atoms with Crippen LogP contribution in [-0.4, -0.2) is 11.8 Å². The molecule has 0 aromatic heterocycles. The molecule has 0 atom stereocenters. The maximum atomic E-state index is 12.4. The van der Waals surface area contributed by atoms with Crippen molar-refractivity contribution in [1.29, 1.82) is 0 Å². The fraction of sp³-hybridized carbons (Fsp3) is 0.111. The van der Waals surface area contributed by atoms with Gasteiger partial charge in [0.05, 0.1) is 0 Å². The highest BCUT2D eigenvalue weighted by Gasteiger charge is 2.05. The van der Waals surface area contributed by atoms with E-state index in [9.17, 15) is 9.59 Å². The Bertz CT molecular complexity index is 1040. The molecule has 0 radical (unpaired) electrons. The number of hydrogen-bond acceptors (Lipinski definition) is 3. The second-order valence-corrected chi connectivity index (χ2v) is 7.21. The van der Waals surface area contributed by atoms with E-state index in [0.29, 0.717) is 17.2 Å². The lowest BCUT2D eigenvalue weighted by molar-refractivity contribution is -0.128. The molecule has 0 amide bonds.